The normalized spacial score (nSPS) is 10.2. The van der Waals surface area contributed by atoms with Crippen LogP contribution in [0.5, 0.6) is 0 Å². The van der Waals surface area contributed by atoms with Crippen LogP contribution in [0.3, 0.4) is 0 Å². The Morgan fingerprint density at radius 3 is 1.93 bits per heavy atom. The summed E-state index contributed by atoms with van der Waals surface area (Å²) in [5.74, 6) is -3.05. The minimum atomic E-state index is -0.863. The van der Waals surface area contributed by atoms with Gasteiger partial charge in [-0.15, -0.1) is 0 Å². The number of halogens is 2. The largest absolute Gasteiger partial charge is 0.330 e. The highest BCUT2D eigenvalue weighted by molar-refractivity contribution is 5.99. The number of anilines is 2. The number of nitrogens with zero attached hydrogens (tertiary/aromatic N) is 1. The maximum absolute atomic E-state index is 13.3. The van der Waals surface area contributed by atoms with Crippen molar-refractivity contribution in [3.8, 4) is 0 Å². The van der Waals surface area contributed by atoms with Crippen LogP contribution in [0.4, 0.5) is 20.2 Å². The number of likely N-dealkylation sites (N-methyl/N-ethyl adjacent to an activating group) is 1. The molecule has 0 aliphatic carbocycles. The second kappa shape index (κ2) is 8.88. The van der Waals surface area contributed by atoms with E-state index in [9.17, 15) is 23.2 Å². The quantitative estimate of drug-likeness (QED) is 0.815. The summed E-state index contributed by atoms with van der Waals surface area (Å²) in [7, 11) is 0. The molecule has 0 saturated heterocycles. The standard InChI is InChI=1S/C19H19F2N3O3/c1-3-24(19(27)13-8-14(20)10-15(21)9-13)11-18(26)23-17-6-4-16(5-7-17)22-12(2)25/h4-10H,3,11H2,1-2H3,(H,22,25)(H,23,26). The van der Waals surface area contributed by atoms with Gasteiger partial charge in [0, 0.05) is 36.5 Å². The van der Waals surface area contributed by atoms with Crippen LogP contribution >= 0.6 is 0 Å². The van der Waals surface area contributed by atoms with Gasteiger partial charge >= 0.3 is 0 Å². The van der Waals surface area contributed by atoms with Crippen LogP contribution in [0, 0.1) is 11.6 Å². The molecule has 142 valence electrons. The monoisotopic (exact) mass is 375 g/mol. The van der Waals surface area contributed by atoms with Crippen LogP contribution in [0.1, 0.15) is 24.2 Å². The Morgan fingerprint density at radius 1 is 0.926 bits per heavy atom. The maximum Gasteiger partial charge on any atom is 0.254 e. The van der Waals surface area contributed by atoms with Crippen LogP contribution in [-0.4, -0.2) is 35.7 Å². The zero-order valence-electron chi connectivity index (χ0n) is 14.9. The molecule has 0 aromatic heterocycles. The molecule has 0 radical (unpaired) electrons. The second-order valence-corrected chi connectivity index (χ2v) is 5.78. The molecule has 6 nitrogen and oxygen atoms in total. The van der Waals surface area contributed by atoms with Gasteiger partial charge < -0.3 is 15.5 Å². The molecule has 0 aliphatic heterocycles. The molecule has 2 aromatic carbocycles. The van der Waals surface area contributed by atoms with Gasteiger partial charge in [0.2, 0.25) is 11.8 Å². The Balaban J connectivity index is 2.01. The van der Waals surface area contributed by atoms with Gasteiger partial charge in [-0.2, -0.15) is 0 Å². The molecular formula is C19H19F2N3O3. The van der Waals surface area contributed by atoms with E-state index in [1.165, 1.54) is 11.8 Å². The zero-order valence-corrected chi connectivity index (χ0v) is 14.9. The Morgan fingerprint density at radius 2 is 1.44 bits per heavy atom. The van der Waals surface area contributed by atoms with Gasteiger partial charge in [-0.05, 0) is 43.3 Å². The van der Waals surface area contributed by atoms with E-state index in [1.54, 1.807) is 31.2 Å². The van der Waals surface area contributed by atoms with E-state index in [4.69, 9.17) is 0 Å². The van der Waals surface area contributed by atoms with Gasteiger partial charge in [-0.25, -0.2) is 8.78 Å². The van der Waals surface area contributed by atoms with Crippen LogP contribution in [0.15, 0.2) is 42.5 Å². The molecule has 0 atom stereocenters. The summed E-state index contributed by atoms with van der Waals surface area (Å²) >= 11 is 0. The third kappa shape index (κ3) is 5.88. The Hall–Kier alpha value is -3.29. The lowest BCUT2D eigenvalue weighted by atomic mass is 10.2. The third-order valence-electron chi connectivity index (χ3n) is 3.60. The summed E-state index contributed by atoms with van der Waals surface area (Å²) in [5.41, 5.74) is 0.898. The minimum Gasteiger partial charge on any atom is -0.330 e. The average Bonchev–Trinajstić information content (AvgIpc) is 2.59. The van der Waals surface area contributed by atoms with Crippen LogP contribution < -0.4 is 10.6 Å². The smallest absolute Gasteiger partial charge is 0.254 e. The first kappa shape index (κ1) is 20.0. The van der Waals surface area contributed by atoms with Gasteiger partial charge in [0.15, 0.2) is 0 Å². The predicted molar refractivity (Wildman–Crippen MR) is 97.3 cm³/mol. The van der Waals surface area contributed by atoms with Crippen molar-refractivity contribution in [2.24, 2.45) is 0 Å². The number of hydrogen-bond donors (Lipinski definition) is 2. The van der Waals surface area contributed by atoms with Crippen molar-refractivity contribution in [1.82, 2.24) is 4.90 Å². The molecule has 0 bridgehead atoms. The topological polar surface area (TPSA) is 78.5 Å². The first-order chi connectivity index (χ1) is 12.8. The van der Waals surface area contributed by atoms with E-state index in [2.05, 4.69) is 10.6 Å². The van der Waals surface area contributed by atoms with E-state index in [0.717, 1.165) is 12.1 Å². The molecule has 0 fully saturated rings. The molecule has 8 heteroatoms. The van der Waals surface area contributed by atoms with Gasteiger partial charge in [0.05, 0.1) is 0 Å². The maximum atomic E-state index is 13.3. The van der Waals surface area contributed by atoms with Crippen molar-refractivity contribution in [2.75, 3.05) is 23.7 Å². The highest BCUT2D eigenvalue weighted by atomic mass is 19.1. The third-order valence-corrected chi connectivity index (χ3v) is 3.60. The van der Waals surface area contributed by atoms with E-state index in [-0.39, 0.29) is 24.6 Å². The number of benzene rings is 2. The van der Waals surface area contributed by atoms with Gasteiger partial charge in [0.25, 0.3) is 5.91 Å². The molecule has 0 spiro atoms. The summed E-state index contributed by atoms with van der Waals surface area (Å²) in [6.07, 6.45) is 0. The first-order valence-corrected chi connectivity index (χ1v) is 8.21. The van der Waals surface area contributed by atoms with E-state index < -0.39 is 23.4 Å². The molecule has 3 amide bonds. The van der Waals surface area contributed by atoms with Crippen LogP contribution in [-0.2, 0) is 9.59 Å². The molecule has 2 rings (SSSR count). The molecule has 0 unspecified atom stereocenters. The molecule has 0 aliphatic rings. The average molecular weight is 375 g/mol. The summed E-state index contributed by atoms with van der Waals surface area (Å²) in [4.78, 5) is 36.7. The highest BCUT2D eigenvalue weighted by Crippen LogP contribution is 2.14. The predicted octanol–water partition coefficient (Wildman–Crippen LogP) is 3.02. The lowest BCUT2D eigenvalue weighted by Gasteiger charge is -2.20. The molecule has 0 saturated carbocycles. The SMILES string of the molecule is CCN(CC(=O)Nc1ccc(NC(C)=O)cc1)C(=O)c1cc(F)cc(F)c1. The number of amides is 3. The van der Waals surface area contributed by atoms with E-state index in [1.807, 2.05) is 0 Å². The number of rotatable bonds is 6. The van der Waals surface area contributed by atoms with E-state index in [0.29, 0.717) is 17.4 Å². The first-order valence-electron chi connectivity index (χ1n) is 8.21. The van der Waals surface area contributed by atoms with Crippen molar-refractivity contribution in [3.05, 3.63) is 59.7 Å². The molecule has 0 heterocycles. The minimum absolute atomic E-state index is 0.165. The fourth-order valence-electron chi connectivity index (χ4n) is 2.40. The number of nitrogens with one attached hydrogen (secondary N) is 2. The van der Waals surface area contributed by atoms with Crippen molar-refractivity contribution < 1.29 is 23.2 Å². The van der Waals surface area contributed by atoms with Crippen LogP contribution in [0.25, 0.3) is 0 Å². The summed E-state index contributed by atoms with van der Waals surface area (Å²) in [6, 6.07) is 8.96. The molecule has 27 heavy (non-hydrogen) atoms. The van der Waals surface area contributed by atoms with Crippen molar-refractivity contribution in [2.45, 2.75) is 13.8 Å². The molecular weight excluding hydrogens is 356 g/mol. The van der Waals surface area contributed by atoms with E-state index >= 15 is 0 Å². The summed E-state index contributed by atoms with van der Waals surface area (Å²) in [6.45, 7) is 2.95. The lowest BCUT2D eigenvalue weighted by molar-refractivity contribution is -0.117. The fraction of sp³-hybridized carbons (Fsp3) is 0.211. The molecule has 2 N–H and O–H groups in total. The lowest BCUT2D eigenvalue weighted by Crippen LogP contribution is -2.38. The van der Waals surface area contributed by atoms with Crippen LogP contribution in [0.2, 0.25) is 0 Å². The Kier molecular flexibility index (Phi) is 6.59. The van der Waals surface area contributed by atoms with Gasteiger partial charge in [0.1, 0.15) is 18.2 Å². The number of carbonyl (C=O) groups is 3. The Labute approximate surface area is 155 Å². The van der Waals surface area contributed by atoms with Crippen molar-refractivity contribution >= 4 is 29.1 Å². The van der Waals surface area contributed by atoms with Crippen molar-refractivity contribution in [1.29, 1.82) is 0 Å². The highest BCUT2D eigenvalue weighted by Gasteiger charge is 2.19. The zero-order chi connectivity index (χ0) is 20.0. The fourth-order valence-corrected chi connectivity index (χ4v) is 2.40. The number of hydrogen-bond acceptors (Lipinski definition) is 3. The summed E-state index contributed by atoms with van der Waals surface area (Å²) in [5, 5.41) is 5.23. The van der Waals surface area contributed by atoms with Gasteiger partial charge in [-0.1, -0.05) is 0 Å². The number of carbonyl (C=O) groups excluding carboxylic acids is 3. The molecule has 2 aromatic rings. The van der Waals surface area contributed by atoms with Crippen molar-refractivity contribution in [3.63, 3.8) is 0 Å². The second-order valence-electron chi connectivity index (χ2n) is 5.78. The Bertz CT molecular complexity index is 834. The van der Waals surface area contributed by atoms with Gasteiger partial charge in [-0.3, -0.25) is 14.4 Å². The summed E-state index contributed by atoms with van der Waals surface area (Å²) < 4.78 is 26.6.